The van der Waals surface area contributed by atoms with Gasteiger partial charge in [-0.3, -0.25) is 14.6 Å². The number of rotatable bonds is 8. The third-order valence-corrected chi connectivity index (χ3v) is 8.66. The van der Waals surface area contributed by atoms with Crippen molar-refractivity contribution in [2.45, 2.75) is 36.6 Å². The second-order valence-electron chi connectivity index (χ2n) is 8.97. The van der Waals surface area contributed by atoms with Crippen LogP contribution in [0, 0.1) is 0 Å². The summed E-state index contributed by atoms with van der Waals surface area (Å²) in [4.78, 5) is 32.3. The Morgan fingerprint density at radius 2 is 2.03 bits per heavy atom. The Kier molecular flexibility index (Phi) is 6.74. The molecule has 0 saturated carbocycles. The molecule has 10 heteroatoms. The largest absolute Gasteiger partial charge is 0.385 e. The van der Waals surface area contributed by atoms with Gasteiger partial charge in [-0.25, -0.2) is 8.42 Å². The summed E-state index contributed by atoms with van der Waals surface area (Å²) in [6.45, 7) is 1.35. The molecule has 1 N–H and O–H groups in total. The summed E-state index contributed by atoms with van der Waals surface area (Å²) >= 11 is 0. The lowest BCUT2D eigenvalue weighted by molar-refractivity contribution is -0.120. The van der Waals surface area contributed by atoms with Gasteiger partial charge in [0.15, 0.2) is 0 Å². The second-order valence-corrected chi connectivity index (χ2v) is 10.9. The number of sulfonamides is 1. The summed E-state index contributed by atoms with van der Waals surface area (Å²) in [6.07, 6.45) is 5.39. The molecule has 1 saturated heterocycles. The Morgan fingerprint density at radius 1 is 1.17 bits per heavy atom. The van der Waals surface area contributed by atoms with Crippen molar-refractivity contribution in [1.82, 2.24) is 9.29 Å². The van der Waals surface area contributed by atoms with E-state index in [1.54, 1.807) is 36.3 Å². The second kappa shape index (κ2) is 9.96. The highest BCUT2D eigenvalue weighted by Crippen LogP contribution is 2.41. The molecule has 2 aliphatic heterocycles. The number of pyridine rings is 1. The molecule has 0 bridgehead atoms. The Balaban J connectivity index is 1.44. The van der Waals surface area contributed by atoms with Crippen molar-refractivity contribution in [3.05, 3.63) is 60.4 Å². The number of anilines is 2. The summed E-state index contributed by atoms with van der Waals surface area (Å²) in [7, 11) is -2.24. The van der Waals surface area contributed by atoms with Gasteiger partial charge in [0.2, 0.25) is 15.9 Å². The molecule has 0 spiro atoms. The highest BCUT2D eigenvalue weighted by molar-refractivity contribution is 7.89. The first-order chi connectivity index (χ1) is 17.4. The van der Waals surface area contributed by atoms with E-state index in [1.807, 2.05) is 12.1 Å². The molecular weight excluding hydrogens is 480 g/mol. The molecule has 3 heterocycles. The van der Waals surface area contributed by atoms with Crippen molar-refractivity contribution in [2.24, 2.45) is 0 Å². The van der Waals surface area contributed by atoms with Crippen molar-refractivity contribution >= 4 is 44.0 Å². The predicted molar refractivity (Wildman–Crippen MR) is 137 cm³/mol. The fourth-order valence-electron chi connectivity index (χ4n) is 5.05. The fraction of sp³-hybridized carbons (Fsp3) is 0.346. The number of piperidine rings is 1. The molecule has 2 aliphatic rings. The molecule has 5 rings (SSSR count). The summed E-state index contributed by atoms with van der Waals surface area (Å²) in [6, 6.07) is 11.3. The standard InChI is InChI=1S/C26H28N4O5S/c1-35-16-6-14-29-22-12-11-21(19-8-4-9-20(24(19)22)26(29)32)28-25(31)23-10-2-3-15-30(23)36(33,34)18-7-5-13-27-17-18/h4-5,7-9,11-13,17,23H,2-3,6,10,14-16H2,1H3,(H,28,31). The number of ether oxygens (including phenoxy) is 1. The lowest BCUT2D eigenvalue weighted by Gasteiger charge is -2.33. The monoisotopic (exact) mass is 508 g/mol. The maximum absolute atomic E-state index is 13.5. The number of carbonyl (C=O) groups excluding carboxylic acids is 2. The van der Waals surface area contributed by atoms with Gasteiger partial charge >= 0.3 is 0 Å². The van der Waals surface area contributed by atoms with E-state index >= 15 is 0 Å². The molecule has 188 valence electrons. The average molecular weight is 509 g/mol. The molecule has 2 amide bonds. The first-order valence-electron chi connectivity index (χ1n) is 12.0. The van der Waals surface area contributed by atoms with Crippen LogP contribution in [0.1, 0.15) is 36.0 Å². The minimum atomic E-state index is -3.87. The zero-order chi connectivity index (χ0) is 25.3. The number of nitrogens with one attached hydrogen (secondary N) is 1. The highest BCUT2D eigenvalue weighted by Gasteiger charge is 2.38. The summed E-state index contributed by atoms with van der Waals surface area (Å²) in [5, 5.41) is 4.50. The molecule has 0 aliphatic carbocycles. The Bertz CT molecular complexity index is 1410. The number of benzene rings is 2. The van der Waals surface area contributed by atoms with E-state index in [0.717, 1.165) is 22.9 Å². The topological polar surface area (TPSA) is 109 Å². The zero-order valence-corrected chi connectivity index (χ0v) is 20.8. The average Bonchev–Trinajstić information content (AvgIpc) is 3.18. The van der Waals surface area contributed by atoms with Crippen LogP contribution in [0.5, 0.6) is 0 Å². The van der Waals surface area contributed by atoms with Gasteiger partial charge in [0.05, 0.1) is 5.69 Å². The van der Waals surface area contributed by atoms with E-state index in [-0.39, 0.29) is 23.3 Å². The van der Waals surface area contributed by atoms with E-state index < -0.39 is 16.1 Å². The zero-order valence-electron chi connectivity index (χ0n) is 20.0. The molecular formula is C26H28N4O5S. The lowest BCUT2D eigenvalue weighted by atomic mass is 10.0. The third-order valence-electron chi connectivity index (χ3n) is 6.77. The van der Waals surface area contributed by atoms with Crippen molar-refractivity contribution in [3.63, 3.8) is 0 Å². The van der Waals surface area contributed by atoms with Crippen LogP contribution in [-0.2, 0) is 19.6 Å². The normalized spacial score (nSPS) is 18.1. The fourth-order valence-corrected chi connectivity index (χ4v) is 6.67. The van der Waals surface area contributed by atoms with Crippen LogP contribution >= 0.6 is 0 Å². The number of carbonyl (C=O) groups is 2. The van der Waals surface area contributed by atoms with Gasteiger partial charge < -0.3 is 15.0 Å². The van der Waals surface area contributed by atoms with Crippen molar-refractivity contribution in [1.29, 1.82) is 0 Å². The first kappa shape index (κ1) is 24.4. The van der Waals surface area contributed by atoms with Crippen LogP contribution < -0.4 is 10.2 Å². The van der Waals surface area contributed by atoms with E-state index in [1.165, 1.54) is 22.8 Å². The molecule has 1 unspecified atom stereocenters. The van der Waals surface area contributed by atoms with Crippen LogP contribution in [0.25, 0.3) is 10.8 Å². The van der Waals surface area contributed by atoms with E-state index in [9.17, 15) is 18.0 Å². The molecule has 36 heavy (non-hydrogen) atoms. The van der Waals surface area contributed by atoms with Crippen LogP contribution in [-0.4, -0.2) is 62.4 Å². The molecule has 1 aromatic heterocycles. The summed E-state index contributed by atoms with van der Waals surface area (Å²) in [5.74, 6) is -0.458. The van der Waals surface area contributed by atoms with Gasteiger partial charge in [0.1, 0.15) is 10.9 Å². The minimum Gasteiger partial charge on any atom is -0.385 e. The molecule has 9 nitrogen and oxygen atoms in total. The lowest BCUT2D eigenvalue weighted by Crippen LogP contribution is -2.49. The number of hydrogen-bond acceptors (Lipinski definition) is 6. The Morgan fingerprint density at radius 3 is 2.81 bits per heavy atom. The van der Waals surface area contributed by atoms with Gasteiger partial charge in [-0.05, 0) is 49.6 Å². The van der Waals surface area contributed by atoms with E-state index in [4.69, 9.17) is 4.74 Å². The van der Waals surface area contributed by atoms with Crippen molar-refractivity contribution < 1.29 is 22.7 Å². The number of aromatic nitrogens is 1. The molecule has 3 aromatic rings. The smallest absolute Gasteiger partial charge is 0.258 e. The SMILES string of the molecule is COCCCN1C(=O)c2cccc3c(NC(=O)C4CCCCN4S(=O)(=O)c4cccnc4)ccc1c23. The minimum absolute atomic E-state index is 0.0714. The number of hydrogen-bond donors (Lipinski definition) is 1. The number of amides is 2. The van der Waals surface area contributed by atoms with Gasteiger partial charge in [0, 0.05) is 61.2 Å². The van der Waals surface area contributed by atoms with Crippen molar-refractivity contribution in [3.8, 4) is 0 Å². The van der Waals surface area contributed by atoms with Gasteiger partial charge in [0.25, 0.3) is 5.91 Å². The Labute approximate surface area is 210 Å². The maximum Gasteiger partial charge on any atom is 0.258 e. The number of nitrogens with zero attached hydrogens (tertiary/aromatic N) is 3. The van der Waals surface area contributed by atoms with E-state index in [2.05, 4.69) is 10.3 Å². The van der Waals surface area contributed by atoms with Crippen LogP contribution in [0.15, 0.2) is 59.8 Å². The summed E-state index contributed by atoms with van der Waals surface area (Å²) < 4.78 is 33.0. The molecule has 1 atom stereocenters. The number of methoxy groups -OCH3 is 1. The molecule has 1 fully saturated rings. The van der Waals surface area contributed by atoms with Gasteiger partial charge in [-0.2, -0.15) is 4.31 Å². The molecule has 0 radical (unpaired) electrons. The van der Waals surface area contributed by atoms with Gasteiger partial charge in [-0.15, -0.1) is 0 Å². The highest BCUT2D eigenvalue weighted by atomic mass is 32.2. The van der Waals surface area contributed by atoms with Crippen LogP contribution in [0.4, 0.5) is 11.4 Å². The van der Waals surface area contributed by atoms with Crippen LogP contribution in [0.3, 0.4) is 0 Å². The third kappa shape index (κ3) is 4.25. The van der Waals surface area contributed by atoms with Crippen LogP contribution in [0.2, 0.25) is 0 Å². The van der Waals surface area contributed by atoms with Gasteiger partial charge in [-0.1, -0.05) is 18.6 Å². The summed E-state index contributed by atoms with van der Waals surface area (Å²) in [5.41, 5.74) is 1.95. The molecule has 2 aromatic carbocycles. The maximum atomic E-state index is 13.5. The van der Waals surface area contributed by atoms with E-state index in [0.29, 0.717) is 43.7 Å². The first-order valence-corrected chi connectivity index (χ1v) is 13.5. The quantitative estimate of drug-likeness (QED) is 0.467. The predicted octanol–water partition coefficient (Wildman–Crippen LogP) is 3.41. The van der Waals surface area contributed by atoms with Crippen molar-refractivity contribution in [2.75, 3.05) is 37.0 Å². The Hall–Kier alpha value is -3.34.